The monoisotopic (exact) mass is 137 g/mol. The summed E-state index contributed by atoms with van der Waals surface area (Å²) < 4.78 is 26.9. The molecule has 0 amide bonds. The van der Waals surface area contributed by atoms with Gasteiger partial charge in [0.25, 0.3) is 0 Å². The fraction of sp³-hybridized carbons (Fsp3) is 1.00. The molecule has 2 unspecified atom stereocenters. The van der Waals surface area contributed by atoms with Crippen LogP contribution in [0.3, 0.4) is 0 Å². The minimum Gasteiger partial charge on any atom is -0.325 e. The van der Waals surface area contributed by atoms with Gasteiger partial charge in [0.1, 0.15) is 0 Å². The zero-order valence-electron chi connectivity index (χ0n) is 4.89. The molecule has 0 aromatic heterocycles. The standard InChI is InChI=1S/C5H9F2NO/c6-5(7)9-4-2-1-3(4)8/h3-5H,1-2,8H2. The fourth-order valence-corrected chi connectivity index (χ4v) is 0.796. The topological polar surface area (TPSA) is 35.2 Å². The second-order valence-corrected chi connectivity index (χ2v) is 2.18. The molecule has 1 fully saturated rings. The van der Waals surface area contributed by atoms with E-state index < -0.39 is 12.7 Å². The van der Waals surface area contributed by atoms with E-state index in [1.54, 1.807) is 0 Å². The van der Waals surface area contributed by atoms with Gasteiger partial charge in [-0.1, -0.05) is 0 Å². The minimum absolute atomic E-state index is 0.168. The number of nitrogens with two attached hydrogens (primary N) is 1. The summed E-state index contributed by atoms with van der Waals surface area (Å²) in [5.41, 5.74) is 5.31. The number of hydrogen-bond acceptors (Lipinski definition) is 2. The van der Waals surface area contributed by atoms with E-state index in [0.29, 0.717) is 6.42 Å². The van der Waals surface area contributed by atoms with Crippen molar-refractivity contribution in [2.24, 2.45) is 5.73 Å². The van der Waals surface area contributed by atoms with Gasteiger partial charge in [0.05, 0.1) is 6.10 Å². The van der Waals surface area contributed by atoms with Crippen molar-refractivity contribution in [3.63, 3.8) is 0 Å². The first kappa shape index (κ1) is 6.89. The summed E-state index contributed by atoms with van der Waals surface area (Å²) in [6.07, 6.45) is 1.08. The van der Waals surface area contributed by atoms with Crippen LogP contribution in [-0.2, 0) is 4.74 Å². The number of ether oxygens (including phenoxy) is 1. The number of halogens is 2. The van der Waals surface area contributed by atoms with Crippen LogP contribution in [0.5, 0.6) is 0 Å². The van der Waals surface area contributed by atoms with Crippen molar-refractivity contribution in [2.75, 3.05) is 0 Å². The molecule has 0 aromatic rings. The normalized spacial score (nSPS) is 34.7. The molecule has 1 saturated carbocycles. The van der Waals surface area contributed by atoms with Crippen LogP contribution in [0.1, 0.15) is 12.8 Å². The molecule has 1 aliphatic rings. The van der Waals surface area contributed by atoms with E-state index in [1.165, 1.54) is 0 Å². The molecule has 54 valence electrons. The molecule has 0 spiro atoms. The Morgan fingerprint density at radius 3 is 2.22 bits per heavy atom. The van der Waals surface area contributed by atoms with E-state index in [4.69, 9.17) is 5.73 Å². The molecule has 0 bridgehead atoms. The molecule has 2 atom stereocenters. The largest absolute Gasteiger partial charge is 0.345 e. The van der Waals surface area contributed by atoms with Crippen molar-refractivity contribution >= 4 is 0 Å². The van der Waals surface area contributed by atoms with Crippen LogP contribution in [-0.4, -0.2) is 18.8 Å². The van der Waals surface area contributed by atoms with Gasteiger partial charge in [-0.25, -0.2) is 0 Å². The first-order chi connectivity index (χ1) is 4.20. The summed E-state index contributed by atoms with van der Waals surface area (Å²) in [6.45, 7) is -2.67. The van der Waals surface area contributed by atoms with E-state index in [1.807, 2.05) is 0 Å². The lowest BCUT2D eigenvalue weighted by Gasteiger charge is -2.32. The van der Waals surface area contributed by atoms with E-state index in [9.17, 15) is 8.78 Å². The van der Waals surface area contributed by atoms with Crippen LogP contribution in [0.15, 0.2) is 0 Å². The van der Waals surface area contributed by atoms with E-state index >= 15 is 0 Å². The van der Waals surface area contributed by atoms with Crippen molar-refractivity contribution in [3.8, 4) is 0 Å². The second-order valence-electron chi connectivity index (χ2n) is 2.18. The van der Waals surface area contributed by atoms with Crippen LogP contribution in [0.4, 0.5) is 8.78 Å². The van der Waals surface area contributed by atoms with Crippen LogP contribution >= 0.6 is 0 Å². The van der Waals surface area contributed by atoms with Gasteiger partial charge < -0.3 is 10.5 Å². The Hall–Kier alpha value is -0.220. The van der Waals surface area contributed by atoms with Gasteiger partial charge in [-0.3, -0.25) is 0 Å². The van der Waals surface area contributed by atoms with Gasteiger partial charge >= 0.3 is 6.61 Å². The van der Waals surface area contributed by atoms with E-state index in [2.05, 4.69) is 4.74 Å². The van der Waals surface area contributed by atoms with Gasteiger partial charge in [-0.15, -0.1) is 0 Å². The van der Waals surface area contributed by atoms with E-state index in [0.717, 1.165) is 6.42 Å². The highest BCUT2D eigenvalue weighted by molar-refractivity contribution is 4.84. The summed E-state index contributed by atoms with van der Waals surface area (Å²) in [5.74, 6) is 0. The highest BCUT2D eigenvalue weighted by Crippen LogP contribution is 2.22. The SMILES string of the molecule is NC1CCC1OC(F)F. The lowest BCUT2D eigenvalue weighted by atomic mass is 9.90. The Morgan fingerprint density at radius 1 is 1.44 bits per heavy atom. The number of hydrogen-bond donors (Lipinski definition) is 1. The molecule has 0 saturated heterocycles. The molecular weight excluding hydrogens is 128 g/mol. The van der Waals surface area contributed by atoms with Crippen LogP contribution in [0, 0.1) is 0 Å². The quantitative estimate of drug-likeness (QED) is 0.608. The summed E-state index contributed by atoms with van der Waals surface area (Å²) in [7, 11) is 0. The third-order valence-electron chi connectivity index (χ3n) is 1.54. The van der Waals surface area contributed by atoms with E-state index in [-0.39, 0.29) is 6.04 Å². The lowest BCUT2D eigenvalue weighted by molar-refractivity contribution is -0.186. The Morgan fingerprint density at radius 2 is 2.11 bits per heavy atom. The summed E-state index contributed by atoms with van der Waals surface area (Å²) in [4.78, 5) is 0. The minimum atomic E-state index is -2.67. The highest BCUT2D eigenvalue weighted by Gasteiger charge is 2.30. The Kier molecular flexibility index (Phi) is 1.97. The maximum absolute atomic E-state index is 11.4. The zero-order chi connectivity index (χ0) is 6.85. The average molecular weight is 137 g/mol. The molecule has 9 heavy (non-hydrogen) atoms. The number of rotatable bonds is 2. The van der Waals surface area contributed by atoms with Gasteiger partial charge in [0.15, 0.2) is 0 Å². The van der Waals surface area contributed by atoms with Crippen LogP contribution < -0.4 is 5.73 Å². The zero-order valence-corrected chi connectivity index (χ0v) is 4.89. The highest BCUT2D eigenvalue weighted by atomic mass is 19.3. The molecule has 1 aliphatic carbocycles. The predicted octanol–water partition coefficient (Wildman–Crippen LogP) is 0.715. The van der Waals surface area contributed by atoms with Gasteiger partial charge in [0, 0.05) is 6.04 Å². The summed E-state index contributed by atoms with van der Waals surface area (Å²) in [5, 5.41) is 0. The smallest absolute Gasteiger partial charge is 0.325 e. The number of alkyl halides is 2. The third kappa shape index (κ3) is 1.59. The molecule has 4 heteroatoms. The molecule has 1 rings (SSSR count). The van der Waals surface area contributed by atoms with Gasteiger partial charge in [-0.05, 0) is 12.8 Å². The molecule has 2 nitrogen and oxygen atoms in total. The van der Waals surface area contributed by atoms with Crippen molar-refractivity contribution in [1.29, 1.82) is 0 Å². The van der Waals surface area contributed by atoms with Crippen molar-refractivity contribution < 1.29 is 13.5 Å². The summed E-state index contributed by atoms with van der Waals surface area (Å²) >= 11 is 0. The Balaban J connectivity index is 2.13. The Bertz CT molecular complexity index is 99.0. The molecule has 0 aliphatic heterocycles. The maximum atomic E-state index is 11.4. The van der Waals surface area contributed by atoms with Crippen molar-refractivity contribution in [3.05, 3.63) is 0 Å². The summed E-state index contributed by atoms with van der Waals surface area (Å²) in [6, 6.07) is -0.168. The first-order valence-electron chi connectivity index (χ1n) is 2.89. The van der Waals surface area contributed by atoms with Gasteiger partial charge in [0.2, 0.25) is 0 Å². The molecule has 0 heterocycles. The second kappa shape index (κ2) is 2.58. The molecule has 0 radical (unpaired) electrons. The van der Waals surface area contributed by atoms with Gasteiger partial charge in [-0.2, -0.15) is 8.78 Å². The average Bonchev–Trinajstić information content (AvgIpc) is 1.79. The maximum Gasteiger partial charge on any atom is 0.345 e. The van der Waals surface area contributed by atoms with Crippen LogP contribution in [0.2, 0.25) is 0 Å². The first-order valence-corrected chi connectivity index (χ1v) is 2.89. The third-order valence-corrected chi connectivity index (χ3v) is 1.54. The van der Waals surface area contributed by atoms with Crippen molar-refractivity contribution in [1.82, 2.24) is 0 Å². The molecular formula is C5H9F2NO. The predicted molar refractivity (Wildman–Crippen MR) is 28.1 cm³/mol. The van der Waals surface area contributed by atoms with Crippen molar-refractivity contribution in [2.45, 2.75) is 31.6 Å². The molecule has 2 N–H and O–H groups in total. The fourth-order valence-electron chi connectivity index (χ4n) is 0.796. The molecule has 0 aromatic carbocycles. The Labute approximate surface area is 52.0 Å². The lowest BCUT2D eigenvalue weighted by Crippen LogP contribution is -2.46. The van der Waals surface area contributed by atoms with Crippen LogP contribution in [0.25, 0.3) is 0 Å².